The minimum atomic E-state index is -0.426. The van der Waals surface area contributed by atoms with Crippen LogP contribution < -0.4 is 10.2 Å². The van der Waals surface area contributed by atoms with Crippen molar-refractivity contribution in [2.75, 3.05) is 25.1 Å². The highest BCUT2D eigenvalue weighted by atomic mass is 16.5. The third-order valence-corrected chi connectivity index (χ3v) is 4.13. The highest BCUT2D eigenvalue weighted by Crippen LogP contribution is 2.34. The number of ether oxygens (including phenoxy) is 1. The molecule has 0 radical (unpaired) electrons. The Balaban J connectivity index is 2.22. The van der Waals surface area contributed by atoms with Crippen molar-refractivity contribution in [1.29, 1.82) is 0 Å². The Kier molecular flexibility index (Phi) is 5.01. The maximum atomic E-state index is 12.6. The number of nitrogens with zero attached hydrogens (tertiary/aromatic N) is 1. The number of fused-ring (bicyclic) bond motifs is 1. The summed E-state index contributed by atoms with van der Waals surface area (Å²) >= 11 is 0. The number of hydrogen-bond donors (Lipinski definition) is 1. The minimum Gasteiger partial charge on any atom is -0.378 e. The maximum absolute atomic E-state index is 12.6. The number of carbonyl (C=O) groups excluding carboxylic acids is 1. The van der Waals surface area contributed by atoms with E-state index in [0.29, 0.717) is 12.5 Å². The predicted octanol–water partition coefficient (Wildman–Crippen LogP) is 2.89. The Morgan fingerprint density at radius 3 is 2.81 bits per heavy atom. The summed E-state index contributed by atoms with van der Waals surface area (Å²) < 4.78 is 5.39. The molecule has 0 aliphatic carbocycles. The molecule has 0 spiro atoms. The van der Waals surface area contributed by atoms with E-state index in [0.717, 1.165) is 25.2 Å². The normalized spacial score (nSPS) is 18.5. The van der Waals surface area contributed by atoms with Crippen LogP contribution in [0.1, 0.15) is 45.2 Å². The van der Waals surface area contributed by atoms with Gasteiger partial charge < -0.3 is 15.0 Å². The Morgan fingerprint density at radius 2 is 2.14 bits per heavy atom. The standard InChI is InChI=1S/C17H26N2O2/c1-5-18-14-10-11-19(15-9-7-6-8-13(14)15)16(20)12-17(2,3)21-4/h6-9,14,18H,5,10-12H2,1-4H3. The Labute approximate surface area is 127 Å². The molecule has 1 aromatic carbocycles. The minimum absolute atomic E-state index is 0.129. The molecule has 1 amide bonds. The SMILES string of the molecule is CCNC1CCN(C(=O)CC(C)(C)OC)c2ccccc21. The molecule has 4 heteroatoms. The number of benzene rings is 1. The van der Waals surface area contributed by atoms with E-state index in [9.17, 15) is 4.79 Å². The number of rotatable bonds is 5. The summed E-state index contributed by atoms with van der Waals surface area (Å²) in [5.74, 6) is 0.129. The van der Waals surface area contributed by atoms with Crippen LogP contribution in [0.25, 0.3) is 0 Å². The molecular weight excluding hydrogens is 264 g/mol. The lowest BCUT2D eigenvalue weighted by molar-refractivity contribution is -0.123. The largest absolute Gasteiger partial charge is 0.378 e. The summed E-state index contributed by atoms with van der Waals surface area (Å²) in [5, 5.41) is 3.50. The molecule has 0 aromatic heterocycles. The zero-order valence-corrected chi connectivity index (χ0v) is 13.5. The van der Waals surface area contributed by atoms with Gasteiger partial charge in [-0.3, -0.25) is 4.79 Å². The van der Waals surface area contributed by atoms with Crippen molar-refractivity contribution in [3.05, 3.63) is 29.8 Å². The second-order valence-corrected chi connectivity index (χ2v) is 6.14. The first-order chi connectivity index (χ1) is 9.98. The van der Waals surface area contributed by atoms with Crippen molar-refractivity contribution < 1.29 is 9.53 Å². The predicted molar refractivity (Wildman–Crippen MR) is 85.5 cm³/mol. The first-order valence-electron chi connectivity index (χ1n) is 7.66. The molecule has 2 rings (SSSR count). The van der Waals surface area contributed by atoms with Gasteiger partial charge in [-0.15, -0.1) is 0 Å². The van der Waals surface area contributed by atoms with Gasteiger partial charge in [0.15, 0.2) is 0 Å². The van der Waals surface area contributed by atoms with Crippen LogP contribution in [0.2, 0.25) is 0 Å². The third kappa shape index (κ3) is 3.63. The molecule has 1 N–H and O–H groups in total. The average molecular weight is 290 g/mol. The van der Waals surface area contributed by atoms with Crippen molar-refractivity contribution in [2.45, 2.75) is 45.3 Å². The zero-order chi connectivity index (χ0) is 15.5. The van der Waals surface area contributed by atoms with E-state index in [1.807, 2.05) is 36.9 Å². The highest BCUT2D eigenvalue weighted by Gasteiger charge is 2.31. The van der Waals surface area contributed by atoms with Crippen LogP contribution in [0, 0.1) is 0 Å². The van der Waals surface area contributed by atoms with Crippen LogP contribution in [0.5, 0.6) is 0 Å². The molecule has 1 aliphatic heterocycles. The fourth-order valence-electron chi connectivity index (χ4n) is 2.81. The first kappa shape index (κ1) is 16.0. The topological polar surface area (TPSA) is 41.6 Å². The van der Waals surface area contributed by atoms with Gasteiger partial charge in [0.05, 0.1) is 12.0 Å². The van der Waals surface area contributed by atoms with E-state index < -0.39 is 5.60 Å². The number of amides is 1. The highest BCUT2D eigenvalue weighted by molar-refractivity contribution is 5.95. The number of anilines is 1. The Morgan fingerprint density at radius 1 is 1.43 bits per heavy atom. The first-order valence-corrected chi connectivity index (χ1v) is 7.66. The number of hydrogen-bond acceptors (Lipinski definition) is 3. The molecular formula is C17H26N2O2. The van der Waals surface area contributed by atoms with Crippen LogP contribution in [-0.2, 0) is 9.53 Å². The molecule has 0 saturated carbocycles. The van der Waals surface area contributed by atoms with Crippen molar-refractivity contribution in [1.82, 2.24) is 5.32 Å². The summed E-state index contributed by atoms with van der Waals surface area (Å²) in [6, 6.07) is 8.52. The van der Waals surface area contributed by atoms with Crippen molar-refractivity contribution in [2.24, 2.45) is 0 Å². The molecule has 4 nitrogen and oxygen atoms in total. The van der Waals surface area contributed by atoms with Crippen molar-refractivity contribution in [3.63, 3.8) is 0 Å². The summed E-state index contributed by atoms with van der Waals surface area (Å²) in [5.41, 5.74) is 1.82. The number of nitrogens with one attached hydrogen (secondary N) is 1. The van der Waals surface area contributed by atoms with E-state index in [4.69, 9.17) is 4.74 Å². The molecule has 0 fully saturated rings. The van der Waals surface area contributed by atoms with E-state index in [2.05, 4.69) is 18.3 Å². The molecule has 0 bridgehead atoms. The number of carbonyl (C=O) groups is 1. The summed E-state index contributed by atoms with van der Waals surface area (Å²) in [7, 11) is 1.65. The van der Waals surface area contributed by atoms with E-state index in [1.165, 1.54) is 5.56 Å². The molecule has 21 heavy (non-hydrogen) atoms. The van der Waals surface area contributed by atoms with Crippen molar-refractivity contribution >= 4 is 11.6 Å². The van der Waals surface area contributed by atoms with Gasteiger partial charge in [-0.25, -0.2) is 0 Å². The quantitative estimate of drug-likeness (QED) is 0.906. The molecule has 1 atom stereocenters. The fraction of sp³-hybridized carbons (Fsp3) is 0.588. The van der Waals surface area contributed by atoms with Gasteiger partial charge in [-0.2, -0.15) is 0 Å². The van der Waals surface area contributed by atoms with Crippen LogP contribution in [0.15, 0.2) is 24.3 Å². The fourth-order valence-corrected chi connectivity index (χ4v) is 2.81. The number of methoxy groups -OCH3 is 1. The zero-order valence-electron chi connectivity index (χ0n) is 13.5. The van der Waals surface area contributed by atoms with Gasteiger partial charge in [0.2, 0.25) is 5.91 Å². The second kappa shape index (κ2) is 6.58. The average Bonchev–Trinajstić information content (AvgIpc) is 2.47. The lowest BCUT2D eigenvalue weighted by Gasteiger charge is -2.36. The maximum Gasteiger partial charge on any atom is 0.229 e. The van der Waals surface area contributed by atoms with Crippen LogP contribution >= 0.6 is 0 Å². The van der Waals surface area contributed by atoms with Gasteiger partial charge in [0.1, 0.15) is 0 Å². The van der Waals surface area contributed by atoms with Crippen LogP contribution in [0.3, 0.4) is 0 Å². The summed E-state index contributed by atoms with van der Waals surface area (Å²) in [6.45, 7) is 7.70. The van der Waals surface area contributed by atoms with Crippen LogP contribution in [0.4, 0.5) is 5.69 Å². The monoisotopic (exact) mass is 290 g/mol. The molecule has 1 aromatic rings. The van der Waals surface area contributed by atoms with Gasteiger partial charge in [0, 0.05) is 25.4 Å². The van der Waals surface area contributed by atoms with Crippen LogP contribution in [-0.4, -0.2) is 31.7 Å². The summed E-state index contributed by atoms with van der Waals surface area (Å²) in [6.07, 6.45) is 1.34. The molecule has 0 saturated heterocycles. The lowest BCUT2D eigenvalue weighted by atomic mass is 9.95. The van der Waals surface area contributed by atoms with Gasteiger partial charge in [0.25, 0.3) is 0 Å². The molecule has 1 heterocycles. The summed E-state index contributed by atoms with van der Waals surface area (Å²) in [4.78, 5) is 14.5. The number of para-hydroxylation sites is 1. The van der Waals surface area contributed by atoms with E-state index in [1.54, 1.807) is 7.11 Å². The van der Waals surface area contributed by atoms with E-state index in [-0.39, 0.29) is 5.91 Å². The smallest absolute Gasteiger partial charge is 0.229 e. The van der Waals surface area contributed by atoms with Gasteiger partial charge >= 0.3 is 0 Å². The van der Waals surface area contributed by atoms with Gasteiger partial charge in [-0.1, -0.05) is 25.1 Å². The molecule has 116 valence electrons. The Hall–Kier alpha value is -1.39. The Bertz CT molecular complexity index is 499. The van der Waals surface area contributed by atoms with Crippen molar-refractivity contribution in [3.8, 4) is 0 Å². The van der Waals surface area contributed by atoms with Gasteiger partial charge in [-0.05, 0) is 38.4 Å². The third-order valence-electron chi connectivity index (χ3n) is 4.13. The second-order valence-electron chi connectivity index (χ2n) is 6.14. The molecule has 1 unspecified atom stereocenters. The van der Waals surface area contributed by atoms with E-state index >= 15 is 0 Å². The lowest BCUT2D eigenvalue weighted by Crippen LogP contribution is -2.42. The molecule has 1 aliphatic rings.